The second-order valence-electron chi connectivity index (χ2n) is 8.21. The van der Waals surface area contributed by atoms with Gasteiger partial charge < -0.3 is 10.2 Å². The summed E-state index contributed by atoms with van der Waals surface area (Å²) in [5.41, 5.74) is 0.931. The highest BCUT2D eigenvalue weighted by Crippen LogP contribution is 2.20. The van der Waals surface area contributed by atoms with Gasteiger partial charge in [-0.3, -0.25) is 13.9 Å². The normalized spacial score (nSPS) is 12.3. The van der Waals surface area contributed by atoms with Crippen molar-refractivity contribution in [1.29, 1.82) is 0 Å². The van der Waals surface area contributed by atoms with Gasteiger partial charge in [0.25, 0.3) is 0 Å². The summed E-state index contributed by atoms with van der Waals surface area (Å²) in [6.07, 6.45) is 0.973. The van der Waals surface area contributed by atoms with Crippen LogP contribution in [0.25, 0.3) is 0 Å². The molecule has 0 aliphatic heterocycles. The number of halogens is 2. The van der Waals surface area contributed by atoms with Crippen LogP contribution in [-0.4, -0.2) is 50.5 Å². The van der Waals surface area contributed by atoms with Crippen LogP contribution in [0.1, 0.15) is 26.3 Å². The lowest BCUT2D eigenvalue weighted by molar-refractivity contribution is -0.139. The molecule has 180 valence electrons. The highest BCUT2D eigenvalue weighted by molar-refractivity contribution is 9.10. The van der Waals surface area contributed by atoms with Crippen molar-refractivity contribution in [3.05, 3.63) is 64.4 Å². The monoisotopic (exact) mass is 541 g/mol. The second kappa shape index (κ2) is 11.6. The molecule has 0 unspecified atom stereocenters. The molecule has 33 heavy (non-hydrogen) atoms. The molecule has 1 N–H and O–H groups in total. The third kappa shape index (κ3) is 8.12. The van der Waals surface area contributed by atoms with Gasteiger partial charge >= 0.3 is 0 Å². The van der Waals surface area contributed by atoms with E-state index in [0.29, 0.717) is 6.54 Å². The summed E-state index contributed by atoms with van der Waals surface area (Å²) < 4.78 is 39.9. The van der Waals surface area contributed by atoms with E-state index in [2.05, 4.69) is 21.2 Å². The number of nitrogens with one attached hydrogen (secondary N) is 1. The molecule has 0 aliphatic carbocycles. The summed E-state index contributed by atoms with van der Waals surface area (Å²) in [5, 5.41) is 2.82. The number of carbonyl (C=O) groups excluding carboxylic acids is 2. The molecular weight excluding hydrogens is 513 g/mol. The molecule has 0 aliphatic rings. The van der Waals surface area contributed by atoms with Gasteiger partial charge in [0, 0.05) is 17.6 Å². The summed E-state index contributed by atoms with van der Waals surface area (Å²) in [6, 6.07) is 11.3. The number of carbonyl (C=O) groups is 2. The van der Waals surface area contributed by atoms with Crippen molar-refractivity contribution in [2.24, 2.45) is 5.92 Å². The molecule has 0 saturated carbocycles. The third-order valence-electron chi connectivity index (χ3n) is 4.89. The van der Waals surface area contributed by atoms with E-state index >= 15 is 0 Å². The third-order valence-corrected chi connectivity index (χ3v) is 6.52. The van der Waals surface area contributed by atoms with Crippen LogP contribution in [0.4, 0.5) is 10.1 Å². The summed E-state index contributed by atoms with van der Waals surface area (Å²) in [5.74, 6) is -1.18. The van der Waals surface area contributed by atoms with E-state index in [4.69, 9.17) is 0 Å². The van der Waals surface area contributed by atoms with Crippen molar-refractivity contribution in [3.8, 4) is 0 Å². The van der Waals surface area contributed by atoms with Crippen molar-refractivity contribution in [1.82, 2.24) is 10.2 Å². The van der Waals surface area contributed by atoms with Gasteiger partial charge in [0.05, 0.1) is 11.9 Å². The maximum absolute atomic E-state index is 13.4. The van der Waals surface area contributed by atoms with Crippen LogP contribution in [0, 0.1) is 11.7 Å². The van der Waals surface area contributed by atoms with Crippen LogP contribution in [0.2, 0.25) is 0 Å². The summed E-state index contributed by atoms with van der Waals surface area (Å²) >= 11 is 3.40. The SMILES string of the molecule is CC(C)CNC(=O)[C@@H](C)N(Cc1cccc(Br)c1)C(=O)CN(c1ccc(F)cc1)S(C)(=O)=O. The highest BCUT2D eigenvalue weighted by atomic mass is 79.9. The Bertz CT molecular complexity index is 1080. The molecule has 0 saturated heterocycles. The van der Waals surface area contributed by atoms with Gasteiger partial charge in [-0.05, 0) is 54.8 Å². The van der Waals surface area contributed by atoms with E-state index in [1.807, 2.05) is 38.1 Å². The number of anilines is 1. The molecule has 0 radical (unpaired) electrons. The van der Waals surface area contributed by atoms with Crippen LogP contribution in [0.15, 0.2) is 53.0 Å². The van der Waals surface area contributed by atoms with Crippen molar-refractivity contribution in [2.75, 3.05) is 23.7 Å². The molecule has 0 fully saturated rings. The lowest BCUT2D eigenvalue weighted by atomic mass is 10.1. The molecule has 2 aromatic carbocycles. The van der Waals surface area contributed by atoms with E-state index in [1.165, 1.54) is 17.0 Å². The number of benzene rings is 2. The molecule has 0 heterocycles. The lowest BCUT2D eigenvalue weighted by Gasteiger charge is -2.31. The molecule has 2 rings (SSSR count). The van der Waals surface area contributed by atoms with Gasteiger partial charge in [-0.1, -0.05) is 41.9 Å². The Morgan fingerprint density at radius 2 is 1.73 bits per heavy atom. The zero-order chi connectivity index (χ0) is 24.8. The average Bonchev–Trinajstić information content (AvgIpc) is 2.73. The molecule has 0 bridgehead atoms. The van der Waals surface area contributed by atoms with Crippen molar-refractivity contribution >= 4 is 43.5 Å². The summed E-state index contributed by atoms with van der Waals surface area (Å²) in [7, 11) is -3.85. The quantitative estimate of drug-likeness (QED) is 0.498. The number of hydrogen-bond donors (Lipinski definition) is 1. The van der Waals surface area contributed by atoms with Gasteiger partial charge in [0.2, 0.25) is 21.8 Å². The van der Waals surface area contributed by atoms with E-state index in [0.717, 1.165) is 32.7 Å². The summed E-state index contributed by atoms with van der Waals surface area (Å²) in [6.45, 7) is 5.56. The second-order valence-corrected chi connectivity index (χ2v) is 11.0. The summed E-state index contributed by atoms with van der Waals surface area (Å²) in [4.78, 5) is 27.5. The maximum atomic E-state index is 13.4. The topological polar surface area (TPSA) is 86.8 Å². The largest absolute Gasteiger partial charge is 0.354 e. The van der Waals surface area contributed by atoms with E-state index in [9.17, 15) is 22.4 Å². The number of sulfonamides is 1. The van der Waals surface area contributed by atoms with Crippen LogP contribution in [0.3, 0.4) is 0 Å². The number of nitrogens with zero attached hydrogens (tertiary/aromatic N) is 2. The molecule has 7 nitrogen and oxygen atoms in total. The first-order valence-corrected chi connectivity index (χ1v) is 13.1. The van der Waals surface area contributed by atoms with Crippen molar-refractivity contribution in [2.45, 2.75) is 33.4 Å². The number of amides is 2. The van der Waals surface area contributed by atoms with Gasteiger partial charge in [-0.15, -0.1) is 0 Å². The predicted molar refractivity (Wildman–Crippen MR) is 131 cm³/mol. The van der Waals surface area contributed by atoms with E-state index in [-0.39, 0.29) is 24.1 Å². The zero-order valence-corrected chi connectivity index (χ0v) is 21.5. The van der Waals surface area contributed by atoms with Gasteiger partial charge in [-0.25, -0.2) is 12.8 Å². The molecule has 10 heteroatoms. The minimum Gasteiger partial charge on any atom is -0.354 e. The maximum Gasteiger partial charge on any atom is 0.244 e. The lowest BCUT2D eigenvalue weighted by Crippen LogP contribution is -2.51. The van der Waals surface area contributed by atoms with Crippen LogP contribution in [-0.2, 0) is 26.2 Å². The highest BCUT2D eigenvalue weighted by Gasteiger charge is 2.30. The molecule has 1 atom stereocenters. The van der Waals surface area contributed by atoms with Gasteiger partial charge in [-0.2, -0.15) is 0 Å². The Morgan fingerprint density at radius 1 is 1.09 bits per heavy atom. The fraction of sp³-hybridized carbons (Fsp3) is 0.391. The first-order chi connectivity index (χ1) is 15.4. The zero-order valence-electron chi connectivity index (χ0n) is 19.1. The minimum absolute atomic E-state index is 0.107. The molecule has 2 aromatic rings. The Morgan fingerprint density at radius 3 is 2.27 bits per heavy atom. The minimum atomic E-state index is -3.85. The van der Waals surface area contributed by atoms with Crippen LogP contribution < -0.4 is 9.62 Å². The molecular formula is C23H29BrFN3O4S. The van der Waals surface area contributed by atoms with E-state index < -0.39 is 34.3 Å². The van der Waals surface area contributed by atoms with Crippen LogP contribution in [0.5, 0.6) is 0 Å². The van der Waals surface area contributed by atoms with Gasteiger partial charge in [0.1, 0.15) is 18.4 Å². The molecule has 0 aromatic heterocycles. The molecule has 2 amide bonds. The van der Waals surface area contributed by atoms with Gasteiger partial charge in [0.15, 0.2) is 0 Å². The molecule has 0 spiro atoms. The standard InChI is InChI=1S/C23H29BrFN3O4S/c1-16(2)13-26-23(30)17(3)27(14-18-6-5-7-19(24)12-18)22(29)15-28(33(4,31)32)21-10-8-20(25)9-11-21/h5-12,16-17H,13-15H2,1-4H3,(H,26,30)/t17-/m1/s1. The average molecular weight is 542 g/mol. The Kier molecular flexibility index (Phi) is 9.42. The number of rotatable bonds is 10. The Hall–Kier alpha value is -2.46. The fourth-order valence-corrected chi connectivity index (χ4v) is 4.38. The van der Waals surface area contributed by atoms with Crippen molar-refractivity contribution < 1.29 is 22.4 Å². The Balaban J connectivity index is 2.35. The first-order valence-electron chi connectivity index (χ1n) is 10.4. The van der Waals surface area contributed by atoms with Crippen LogP contribution >= 0.6 is 15.9 Å². The van der Waals surface area contributed by atoms with Crippen molar-refractivity contribution in [3.63, 3.8) is 0 Å². The number of hydrogen-bond acceptors (Lipinski definition) is 4. The predicted octanol–water partition coefficient (Wildman–Crippen LogP) is 3.54. The Labute approximate surface area is 203 Å². The first kappa shape index (κ1) is 26.8. The van der Waals surface area contributed by atoms with E-state index in [1.54, 1.807) is 6.92 Å². The smallest absolute Gasteiger partial charge is 0.244 e. The fourth-order valence-electron chi connectivity index (χ4n) is 3.09.